The van der Waals surface area contributed by atoms with Crippen LogP contribution in [0.25, 0.3) is 11.4 Å². The third-order valence-electron chi connectivity index (χ3n) is 3.91. The number of carbonyl (C=O) groups is 1. The third kappa shape index (κ3) is 9.00. The molecule has 31 heavy (non-hydrogen) atoms. The molecule has 0 spiro atoms. The number of aryl methyl sites for hydroxylation is 4. The first-order chi connectivity index (χ1) is 14.1. The molecule has 1 aromatic heterocycles. The summed E-state index contributed by atoms with van der Waals surface area (Å²) in [6.07, 6.45) is 0. The normalized spacial score (nSPS) is 9.19. The Balaban J connectivity index is 0.000000511. The topological polar surface area (TPSA) is 103 Å². The molecule has 3 rings (SSSR count). The monoisotopic (exact) mass is 475 g/mol. The molecule has 0 bridgehead atoms. The molecule has 0 aliphatic heterocycles. The van der Waals surface area contributed by atoms with E-state index in [1.165, 1.54) is 15.8 Å². The van der Waals surface area contributed by atoms with Gasteiger partial charge in [0.15, 0.2) is 11.6 Å². The van der Waals surface area contributed by atoms with Crippen LogP contribution in [0.3, 0.4) is 0 Å². The Morgan fingerprint density at radius 3 is 1.77 bits per heavy atom. The van der Waals surface area contributed by atoms with Crippen molar-refractivity contribution in [3.63, 3.8) is 0 Å². The van der Waals surface area contributed by atoms with Crippen LogP contribution in [0.1, 0.15) is 40.0 Å². The van der Waals surface area contributed by atoms with E-state index in [9.17, 15) is 4.79 Å². The first-order valence-corrected chi connectivity index (χ1v) is 10.2. The SMILES string of the molecule is C.Cc1cc(C)cc(-c2n[nH]c(=S)n2N)c1.Cc1cc(C)cc(C(=O)CN)c1.S=C=S. The number of thiocarbonyl (C=S) groups is 2. The molecule has 2 aromatic carbocycles. The summed E-state index contributed by atoms with van der Waals surface area (Å²) >= 11 is 12.9. The molecular formula is C22H29N5OS3. The van der Waals surface area contributed by atoms with Gasteiger partial charge in [-0.15, -0.1) is 0 Å². The number of nitrogen functional groups attached to an aromatic ring is 1. The van der Waals surface area contributed by atoms with Crippen molar-refractivity contribution in [3.8, 4) is 11.4 Å². The lowest BCUT2D eigenvalue weighted by molar-refractivity contribution is 0.100. The maximum Gasteiger partial charge on any atom is 0.214 e. The van der Waals surface area contributed by atoms with Crippen molar-refractivity contribution in [1.82, 2.24) is 14.9 Å². The van der Waals surface area contributed by atoms with Crippen molar-refractivity contribution >= 4 is 46.8 Å². The number of aromatic amines is 1. The number of carbonyl (C=O) groups excluding carboxylic acids is 1. The summed E-state index contributed by atoms with van der Waals surface area (Å²) < 4.78 is 3.72. The largest absolute Gasteiger partial charge is 0.335 e. The number of hydrogen-bond donors (Lipinski definition) is 3. The zero-order valence-corrected chi connectivity index (χ0v) is 19.8. The van der Waals surface area contributed by atoms with Crippen molar-refractivity contribution < 1.29 is 4.79 Å². The predicted molar refractivity (Wildman–Crippen MR) is 139 cm³/mol. The fraction of sp³-hybridized carbons (Fsp3) is 0.273. The Morgan fingerprint density at radius 2 is 1.42 bits per heavy atom. The van der Waals surface area contributed by atoms with Gasteiger partial charge in [-0.05, 0) is 88.6 Å². The van der Waals surface area contributed by atoms with Gasteiger partial charge in [0.2, 0.25) is 4.77 Å². The number of hydrogen-bond acceptors (Lipinski definition) is 7. The summed E-state index contributed by atoms with van der Waals surface area (Å²) in [6, 6.07) is 11.9. The van der Waals surface area contributed by atoms with E-state index in [1.54, 1.807) is 0 Å². The number of nitrogens with two attached hydrogens (primary N) is 2. The van der Waals surface area contributed by atoms with Crippen molar-refractivity contribution in [2.75, 3.05) is 12.4 Å². The highest BCUT2D eigenvalue weighted by molar-refractivity contribution is 7.93. The van der Waals surface area contributed by atoms with Crippen LogP contribution in [0.5, 0.6) is 0 Å². The lowest BCUT2D eigenvalue weighted by atomic mass is 10.0. The summed E-state index contributed by atoms with van der Waals surface area (Å²) in [5, 5.41) is 6.75. The van der Waals surface area contributed by atoms with E-state index >= 15 is 0 Å². The second-order valence-corrected chi connectivity index (χ2v) is 7.74. The molecule has 0 amide bonds. The maximum absolute atomic E-state index is 11.2. The van der Waals surface area contributed by atoms with E-state index in [0.717, 1.165) is 22.3 Å². The van der Waals surface area contributed by atoms with Gasteiger partial charge < -0.3 is 11.6 Å². The van der Waals surface area contributed by atoms with Gasteiger partial charge in [0.05, 0.1) is 6.54 Å². The molecular weight excluding hydrogens is 446 g/mol. The second kappa shape index (κ2) is 13.7. The van der Waals surface area contributed by atoms with Crippen LogP contribution in [-0.4, -0.2) is 31.5 Å². The Morgan fingerprint density at radius 1 is 1.00 bits per heavy atom. The number of ketones is 1. The van der Waals surface area contributed by atoms with Crippen molar-refractivity contribution in [2.24, 2.45) is 5.73 Å². The summed E-state index contributed by atoms with van der Waals surface area (Å²) in [7, 11) is 0. The van der Waals surface area contributed by atoms with Gasteiger partial charge in [-0.1, -0.05) is 41.8 Å². The van der Waals surface area contributed by atoms with E-state index < -0.39 is 0 Å². The summed E-state index contributed by atoms with van der Waals surface area (Å²) in [5.41, 5.74) is 11.5. The standard InChI is InChI=1S/C10H12N4S.C10H13NO.CS2.CH4/c1-6-3-7(2)5-8(4-6)9-12-13-10(15)14(9)11;1-7-3-8(2)5-9(4-7)10(12)6-11;2-1-3;/h3-5H,11H2,1-2H3,(H,13,15);3-5H,6,11H2,1-2H3;;1H4. The van der Waals surface area contributed by atoms with Crippen molar-refractivity contribution in [2.45, 2.75) is 35.1 Å². The lowest BCUT2D eigenvalue weighted by Crippen LogP contribution is -2.13. The summed E-state index contributed by atoms with van der Waals surface area (Å²) in [5.74, 6) is 6.41. The van der Waals surface area contributed by atoms with Crippen LogP contribution in [0.15, 0.2) is 36.4 Å². The van der Waals surface area contributed by atoms with Gasteiger partial charge in [-0.2, -0.15) is 5.10 Å². The van der Waals surface area contributed by atoms with E-state index in [2.05, 4.69) is 40.7 Å². The van der Waals surface area contributed by atoms with Gasteiger partial charge in [0.25, 0.3) is 0 Å². The van der Waals surface area contributed by atoms with Gasteiger partial charge in [-0.25, -0.2) is 9.77 Å². The Bertz CT molecular complexity index is 1070. The highest BCUT2D eigenvalue weighted by Crippen LogP contribution is 2.19. The molecule has 6 nitrogen and oxygen atoms in total. The molecule has 9 heteroatoms. The van der Waals surface area contributed by atoms with Crippen LogP contribution in [0.4, 0.5) is 0 Å². The van der Waals surface area contributed by atoms with Crippen LogP contribution < -0.4 is 11.6 Å². The number of Topliss-reactive ketones (excluding diaryl/α,β-unsaturated/α-hetero) is 1. The van der Waals surface area contributed by atoms with Gasteiger partial charge >= 0.3 is 0 Å². The minimum absolute atomic E-state index is 0. The third-order valence-corrected chi connectivity index (χ3v) is 4.20. The van der Waals surface area contributed by atoms with E-state index in [-0.39, 0.29) is 19.8 Å². The average molecular weight is 476 g/mol. The van der Waals surface area contributed by atoms with Crippen LogP contribution >= 0.6 is 36.7 Å². The fourth-order valence-electron chi connectivity index (χ4n) is 2.87. The molecule has 0 saturated heterocycles. The summed E-state index contributed by atoms with van der Waals surface area (Å²) in [6.45, 7) is 8.11. The molecule has 0 fully saturated rings. The fourth-order valence-corrected chi connectivity index (χ4v) is 3.00. The zero-order chi connectivity index (χ0) is 22.8. The molecule has 5 N–H and O–H groups in total. The number of rotatable bonds is 3. The average Bonchev–Trinajstić information content (AvgIpc) is 2.99. The highest BCUT2D eigenvalue weighted by Gasteiger charge is 2.07. The first-order valence-electron chi connectivity index (χ1n) is 8.95. The lowest BCUT2D eigenvalue weighted by Gasteiger charge is -2.03. The summed E-state index contributed by atoms with van der Waals surface area (Å²) in [4.78, 5) is 11.2. The Kier molecular flexibility index (Phi) is 12.6. The van der Waals surface area contributed by atoms with Gasteiger partial charge in [0.1, 0.15) is 0 Å². The van der Waals surface area contributed by atoms with Crippen LogP contribution in [0.2, 0.25) is 0 Å². The predicted octanol–water partition coefficient (Wildman–Crippen LogP) is 5.04. The Hall–Kier alpha value is -2.55. The van der Waals surface area contributed by atoms with Gasteiger partial charge in [-0.3, -0.25) is 4.79 Å². The molecule has 0 radical (unpaired) electrons. The minimum Gasteiger partial charge on any atom is -0.335 e. The number of nitrogens with one attached hydrogen (secondary N) is 1. The van der Waals surface area contributed by atoms with Crippen LogP contribution in [0, 0.1) is 32.5 Å². The number of benzene rings is 2. The first kappa shape index (κ1) is 28.5. The van der Waals surface area contributed by atoms with Crippen molar-refractivity contribution in [3.05, 3.63) is 69.0 Å². The molecule has 1 heterocycles. The second-order valence-electron chi connectivity index (χ2n) is 6.69. The van der Waals surface area contributed by atoms with Crippen LogP contribution in [-0.2, 0) is 0 Å². The number of nitrogens with zero attached hydrogens (tertiary/aromatic N) is 2. The molecule has 0 aliphatic carbocycles. The molecule has 0 aliphatic rings. The molecule has 0 unspecified atom stereocenters. The minimum atomic E-state index is 0. The van der Waals surface area contributed by atoms with Gasteiger partial charge in [0, 0.05) is 15.4 Å². The molecule has 166 valence electrons. The quantitative estimate of drug-likeness (QED) is 0.277. The van der Waals surface area contributed by atoms with E-state index in [4.69, 9.17) is 23.8 Å². The smallest absolute Gasteiger partial charge is 0.214 e. The molecule has 0 atom stereocenters. The Labute approximate surface area is 199 Å². The number of H-pyrrole nitrogens is 1. The molecule has 3 aromatic rings. The van der Waals surface area contributed by atoms with E-state index in [0.29, 0.717) is 10.6 Å². The highest BCUT2D eigenvalue weighted by atomic mass is 32.1. The van der Waals surface area contributed by atoms with E-state index in [1.807, 2.05) is 62.3 Å². The zero-order valence-electron chi connectivity index (χ0n) is 17.4. The number of aromatic nitrogens is 3. The van der Waals surface area contributed by atoms with Crippen molar-refractivity contribution in [1.29, 1.82) is 0 Å². The maximum atomic E-state index is 11.2. The molecule has 0 saturated carbocycles.